The van der Waals surface area contributed by atoms with Crippen LogP contribution in [0.3, 0.4) is 0 Å². The molecule has 0 aromatic heterocycles. The fraction of sp³-hybridized carbons (Fsp3) is 0.880. The molecule has 7 fully saturated rings. The predicted octanol–water partition coefficient (Wildman–Crippen LogP) is 3.42. The van der Waals surface area contributed by atoms with Crippen molar-refractivity contribution in [2.45, 2.75) is 94.5 Å². The molecule has 0 radical (unpaired) electrons. The van der Waals surface area contributed by atoms with Gasteiger partial charge in [-0.3, -0.25) is 4.79 Å². The summed E-state index contributed by atoms with van der Waals surface area (Å²) in [6, 6.07) is 0. The van der Waals surface area contributed by atoms with E-state index in [1.54, 1.807) is 0 Å². The largest absolute Gasteiger partial charge is 0.458 e. The Balaban J connectivity index is 1.10. The lowest BCUT2D eigenvalue weighted by molar-refractivity contribution is -0.262. The number of esters is 3. The lowest BCUT2D eigenvalue weighted by atomic mass is 9.47. The van der Waals surface area contributed by atoms with Gasteiger partial charge in [0.1, 0.15) is 24.4 Å². The average molecular weight is 483 g/mol. The highest BCUT2D eigenvalue weighted by Crippen LogP contribution is 2.63. The third-order valence-corrected chi connectivity index (χ3v) is 9.89. The highest BCUT2D eigenvalue weighted by molar-refractivity contribution is 5.78. The third-order valence-electron chi connectivity index (χ3n) is 9.89. The molecule has 0 aromatic carbocycles. The van der Waals surface area contributed by atoms with E-state index in [4.69, 9.17) is 18.9 Å². The zero-order valence-electron chi connectivity index (χ0n) is 19.6. The number of halogens is 2. The lowest BCUT2D eigenvalue weighted by Gasteiger charge is -2.64. The molecule has 0 N–H and O–H groups in total. The van der Waals surface area contributed by atoms with Crippen LogP contribution in [0.1, 0.15) is 65.2 Å². The van der Waals surface area contributed by atoms with Gasteiger partial charge in [-0.15, -0.1) is 0 Å². The molecule has 6 bridgehead atoms. The van der Waals surface area contributed by atoms with E-state index in [0.717, 1.165) is 32.1 Å². The Kier molecular flexibility index (Phi) is 4.92. The lowest BCUT2D eigenvalue weighted by Crippen LogP contribution is -2.66. The number of carbonyl (C=O) groups excluding carboxylic acids is 3. The van der Waals surface area contributed by atoms with Crippen molar-refractivity contribution in [3.63, 3.8) is 0 Å². The number of carbonyl (C=O) groups is 3. The molecule has 1 heterocycles. The van der Waals surface area contributed by atoms with Crippen molar-refractivity contribution in [3.8, 4) is 0 Å². The molecule has 1 aliphatic heterocycles. The quantitative estimate of drug-likeness (QED) is 0.406. The molecule has 7 nitrogen and oxygen atoms in total. The van der Waals surface area contributed by atoms with Crippen molar-refractivity contribution in [1.29, 1.82) is 0 Å². The van der Waals surface area contributed by atoms with Gasteiger partial charge in [0.2, 0.25) is 0 Å². The molecule has 188 valence electrons. The van der Waals surface area contributed by atoms with Crippen molar-refractivity contribution < 1.29 is 42.1 Å². The van der Waals surface area contributed by atoms with Crippen LogP contribution < -0.4 is 0 Å². The average Bonchev–Trinajstić information content (AvgIpc) is 3.39. The second kappa shape index (κ2) is 7.37. The molecule has 7 unspecified atom stereocenters. The molecule has 7 aliphatic rings. The first-order valence-corrected chi connectivity index (χ1v) is 12.7. The fourth-order valence-electron chi connectivity index (χ4n) is 8.70. The molecule has 0 amide bonds. The van der Waals surface area contributed by atoms with Gasteiger partial charge in [0.25, 0.3) is 0 Å². The second-order valence-corrected chi connectivity index (χ2v) is 11.8. The third kappa shape index (κ3) is 3.24. The summed E-state index contributed by atoms with van der Waals surface area (Å²) in [5.74, 6) is -5.05. The van der Waals surface area contributed by atoms with E-state index in [2.05, 4.69) is 0 Å². The van der Waals surface area contributed by atoms with E-state index in [0.29, 0.717) is 32.1 Å². The van der Waals surface area contributed by atoms with Gasteiger partial charge in [-0.05, 0) is 57.3 Å². The van der Waals surface area contributed by atoms with Crippen molar-refractivity contribution in [2.24, 2.45) is 35.5 Å². The van der Waals surface area contributed by atoms with Gasteiger partial charge in [-0.2, -0.15) is 8.78 Å². The van der Waals surface area contributed by atoms with E-state index in [-0.39, 0.29) is 54.4 Å². The van der Waals surface area contributed by atoms with Crippen LogP contribution >= 0.6 is 0 Å². The Bertz CT molecular complexity index is 897. The molecule has 7 atom stereocenters. The first kappa shape index (κ1) is 22.7. The van der Waals surface area contributed by atoms with Crippen LogP contribution in [0.15, 0.2) is 0 Å². The summed E-state index contributed by atoms with van der Waals surface area (Å²) in [5.41, 5.74) is -1.41. The van der Waals surface area contributed by atoms with Crippen LogP contribution in [0, 0.1) is 35.5 Å². The summed E-state index contributed by atoms with van der Waals surface area (Å²) in [7, 11) is 0. The highest BCUT2D eigenvalue weighted by Gasteiger charge is 2.65. The SMILES string of the molecule is CCC1(OC(=O)C(C)(F)F)C2CC3CC1CC(OCC(=O)OC1C4CC5C(=O)OC1C5C4)(C3)C2. The van der Waals surface area contributed by atoms with Crippen molar-refractivity contribution in [1.82, 2.24) is 0 Å². The first-order valence-electron chi connectivity index (χ1n) is 12.7. The van der Waals surface area contributed by atoms with Gasteiger partial charge in [0.05, 0.1) is 11.5 Å². The zero-order valence-corrected chi connectivity index (χ0v) is 19.6. The van der Waals surface area contributed by atoms with E-state index < -0.39 is 29.1 Å². The normalized spacial score (nSPS) is 47.7. The molecule has 1 saturated heterocycles. The summed E-state index contributed by atoms with van der Waals surface area (Å²) in [6.45, 7) is 2.29. The molecule has 6 saturated carbocycles. The number of alkyl halides is 2. The summed E-state index contributed by atoms with van der Waals surface area (Å²) in [6.07, 6.45) is 5.00. The molecule has 0 aromatic rings. The van der Waals surface area contributed by atoms with Gasteiger partial charge in [-0.25, -0.2) is 9.59 Å². The minimum atomic E-state index is -3.53. The van der Waals surface area contributed by atoms with E-state index in [1.165, 1.54) is 0 Å². The highest BCUT2D eigenvalue weighted by atomic mass is 19.3. The van der Waals surface area contributed by atoms with Crippen molar-refractivity contribution in [2.75, 3.05) is 6.61 Å². The van der Waals surface area contributed by atoms with Crippen LogP contribution in [0.25, 0.3) is 0 Å². The number of ether oxygens (including phenoxy) is 4. The Morgan fingerprint density at radius 1 is 1.12 bits per heavy atom. The maximum Gasteiger partial charge on any atom is 0.377 e. The Labute approximate surface area is 197 Å². The van der Waals surface area contributed by atoms with Gasteiger partial charge >= 0.3 is 23.8 Å². The minimum absolute atomic E-state index is 0.0335. The standard InChI is InChI=1S/C25H32F2O7/c1-3-25(34-22(30)23(2,26)27)14-4-12-5-15(25)10-24(8-12,9-14)31-11-18(28)32-19-13-6-16-17(7-13)21(29)33-20(16)19/h12-17,19-20H,3-11H2,1-2H3. The van der Waals surface area contributed by atoms with Crippen LogP contribution in [0.5, 0.6) is 0 Å². The Morgan fingerprint density at radius 2 is 1.82 bits per heavy atom. The number of fused-ring (bicyclic) bond motifs is 1. The van der Waals surface area contributed by atoms with Gasteiger partial charge in [-0.1, -0.05) is 6.92 Å². The van der Waals surface area contributed by atoms with E-state index in [9.17, 15) is 23.2 Å². The molecule has 0 spiro atoms. The molecular formula is C25H32F2O7. The molecule has 34 heavy (non-hydrogen) atoms. The molecule has 9 heteroatoms. The maximum atomic E-state index is 13.6. The monoisotopic (exact) mass is 482 g/mol. The fourth-order valence-corrected chi connectivity index (χ4v) is 8.70. The summed E-state index contributed by atoms with van der Waals surface area (Å²) < 4.78 is 50.3. The molecule has 6 aliphatic carbocycles. The van der Waals surface area contributed by atoms with Gasteiger partial charge < -0.3 is 18.9 Å². The summed E-state index contributed by atoms with van der Waals surface area (Å²) >= 11 is 0. The predicted molar refractivity (Wildman–Crippen MR) is 111 cm³/mol. The molecular weight excluding hydrogens is 450 g/mol. The zero-order chi connectivity index (χ0) is 24.0. The van der Waals surface area contributed by atoms with Crippen LogP contribution in [-0.2, 0) is 33.3 Å². The molecule has 7 rings (SSSR count). The van der Waals surface area contributed by atoms with E-state index in [1.807, 2.05) is 6.92 Å². The second-order valence-electron chi connectivity index (χ2n) is 11.8. The smallest absolute Gasteiger partial charge is 0.377 e. The number of hydrogen-bond acceptors (Lipinski definition) is 7. The van der Waals surface area contributed by atoms with Crippen LogP contribution in [-0.4, -0.2) is 53.8 Å². The van der Waals surface area contributed by atoms with Crippen LogP contribution in [0.2, 0.25) is 0 Å². The van der Waals surface area contributed by atoms with Gasteiger partial charge in [0.15, 0.2) is 0 Å². The minimum Gasteiger partial charge on any atom is -0.458 e. The summed E-state index contributed by atoms with van der Waals surface area (Å²) in [5, 5.41) is 0. The number of rotatable bonds is 7. The Hall–Kier alpha value is -1.77. The van der Waals surface area contributed by atoms with Crippen LogP contribution in [0.4, 0.5) is 8.78 Å². The maximum absolute atomic E-state index is 13.6. The van der Waals surface area contributed by atoms with Crippen molar-refractivity contribution >= 4 is 17.9 Å². The number of hydrogen-bond donors (Lipinski definition) is 0. The van der Waals surface area contributed by atoms with Gasteiger partial charge in [0, 0.05) is 30.6 Å². The Morgan fingerprint density at radius 3 is 2.47 bits per heavy atom. The first-order chi connectivity index (χ1) is 16.0. The topological polar surface area (TPSA) is 88.1 Å². The van der Waals surface area contributed by atoms with E-state index >= 15 is 0 Å². The van der Waals surface area contributed by atoms with Crippen molar-refractivity contribution in [3.05, 3.63) is 0 Å². The summed E-state index contributed by atoms with van der Waals surface area (Å²) in [4.78, 5) is 36.8.